The number of fused-ring (bicyclic) bond motifs is 1. The van der Waals surface area contributed by atoms with E-state index in [0.29, 0.717) is 23.2 Å². The van der Waals surface area contributed by atoms with E-state index >= 15 is 0 Å². The lowest BCUT2D eigenvalue weighted by molar-refractivity contribution is 0.357. The minimum absolute atomic E-state index is 0.598. The van der Waals surface area contributed by atoms with E-state index < -0.39 is 0 Å². The summed E-state index contributed by atoms with van der Waals surface area (Å²) in [6.07, 6.45) is 4.67. The fourth-order valence-corrected chi connectivity index (χ4v) is 2.83. The van der Waals surface area contributed by atoms with Crippen molar-refractivity contribution < 1.29 is 4.74 Å². The first-order chi connectivity index (χ1) is 7.77. The van der Waals surface area contributed by atoms with E-state index in [0.717, 1.165) is 28.9 Å². The van der Waals surface area contributed by atoms with E-state index in [1.807, 2.05) is 12.3 Å². The molecule has 0 aromatic heterocycles. The molecule has 2 nitrogen and oxygen atoms in total. The third kappa shape index (κ3) is 1.45. The molecule has 4 heteroatoms. The highest BCUT2D eigenvalue weighted by Gasteiger charge is 2.24. The molecule has 0 N–H and O–H groups in total. The van der Waals surface area contributed by atoms with Gasteiger partial charge in [0.15, 0.2) is 0 Å². The Labute approximate surface area is 104 Å². The second-order valence-corrected chi connectivity index (χ2v) is 4.62. The van der Waals surface area contributed by atoms with Gasteiger partial charge in [-0.05, 0) is 17.7 Å². The zero-order valence-corrected chi connectivity index (χ0v) is 9.98. The average molecular weight is 254 g/mol. The SMILES string of the molecule is Clc1cc(Cl)c(C2=CC=NC2)c2c1OCC2. The minimum atomic E-state index is 0.598. The molecule has 2 heterocycles. The van der Waals surface area contributed by atoms with Crippen molar-refractivity contribution >= 4 is 35.0 Å². The highest BCUT2D eigenvalue weighted by atomic mass is 35.5. The van der Waals surface area contributed by atoms with E-state index in [1.54, 1.807) is 6.07 Å². The summed E-state index contributed by atoms with van der Waals surface area (Å²) in [5.41, 5.74) is 3.31. The van der Waals surface area contributed by atoms with Crippen LogP contribution in [-0.4, -0.2) is 19.4 Å². The smallest absolute Gasteiger partial charge is 0.141 e. The quantitative estimate of drug-likeness (QED) is 0.752. The lowest BCUT2D eigenvalue weighted by Gasteiger charge is -2.11. The largest absolute Gasteiger partial charge is 0.491 e. The van der Waals surface area contributed by atoms with Crippen molar-refractivity contribution in [1.29, 1.82) is 0 Å². The number of benzene rings is 1. The van der Waals surface area contributed by atoms with E-state index in [-0.39, 0.29) is 0 Å². The van der Waals surface area contributed by atoms with Crippen molar-refractivity contribution in [3.8, 4) is 5.75 Å². The number of allylic oxidation sites excluding steroid dienone is 1. The summed E-state index contributed by atoms with van der Waals surface area (Å²) < 4.78 is 5.53. The molecule has 0 spiro atoms. The summed E-state index contributed by atoms with van der Waals surface area (Å²) in [7, 11) is 0. The van der Waals surface area contributed by atoms with Gasteiger partial charge in [0.05, 0.1) is 23.2 Å². The van der Waals surface area contributed by atoms with Crippen LogP contribution < -0.4 is 4.74 Å². The van der Waals surface area contributed by atoms with E-state index in [4.69, 9.17) is 27.9 Å². The number of nitrogens with zero attached hydrogens (tertiary/aromatic N) is 1. The Morgan fingerprint density at radius 2 is 2.12 bits per heavy atom. The van der Waals surface area contributed by atoms with Crippen molar-refractivity contribution in [2.75, 3.05) is 13.2 Å². The number of aliphatic imine (C=N–C) groups is 1. The van der Waals surface area contributed by atoms with Gasteiger partial charge >= 0.3 is 0 Å². The standard InChI is InChI=1S/C12H9Cl2NO/c13-9-5-10(14)12-8(2-4-16-12)11(9)7-1-3-15-6-7/h1,3,5H,2,4,6H2. The van der Waals surface area contributed by atoms with Crippen LogP contribution in [0.25, 0.3) is 5.57 Å². The van der Waals surface area contributed by atoms with E-state index in [2.05, 4.69) is 4.99 Å². The highest BCUT2D eigenvalue weighted by molar-refractivity contribution is 6.37. The number of ether oxygens (including phenoxy) is 1. The van der Waals surface area contributed by atoms with Crippen molar-refractivity contribution in [3.63, 3.8) is 0 Å². The molecule has 0 fully saturated rings. The van der Waals surface area contributed by atoms with Gasteiger partial charge in [-0.15, -0.1) is 0 Å². The van der Waals surface area contributed by atoms with Gasteiger partial charge in [-0.25, -0.2) is 0 Å². The fourth-order valence-electron chi connectivity index (χ4n) is 2.16. The van der Waals surface area contributed by atoms with Crippen molar-refractivity contribution in [2.45, 2.75) is 6.42 Å². The summed E-state index contributed by atoms with van der Waals surface area (Å²) >= 11 is 12.4. The lowest BCUT2D eigenvalue weighted by Crippen LogP contribution is -1.94. The Morgan fingerprint density at radius 1 is 1.25 bits per heavy atom. The third-order valence-corrected chi connectivity index (χ3v) is 3.43. The molecule has 0 unspecified atom stereocenters. The summed E-state index contributed by atoms with van der Waals surface area (Å²) in [6.45, 7) is 1.37. The minimum Gasteiger partial charge on any atom is -0.491 e. The average Bonchev–Trinajstić information content (AvgIpc) is 2.86. The predicted octanol–water partition coefficient (Wildman–Crippen LogP) is 3.40. The topological polar surface area (TPSA) is 21.6 Å². The Kier molecular flexibility index (Phi) is 2.41. The Hall–Kier alpha value is -0.990. The number of rotatable bonds is 1. The van der Waals surface area contributed by atoms with Crippen LogP contribution in [0.2, 0.25) is 10.0 Å². The second-order valence-electron chi connectivity index (χ2n) is 3.80. The number of hydrogen-bond acceptors (Lipinski definition) is 2. The van der Waals surface area contributed by atoms with Crippen molar-refractivity contribution in [2.24, 2.45) is 4.99 Å². The Morgan fingerprint density at radius 3 is 2.88 bits per heavy atom. The van der Waals surface area contributed by atoms with Crippen molar-refractivity contribution in [1.82, 2.24) is 0 Å². The molecule has 82 valence electrons. The van der Waals surface area contributed by atoms with Crippen LogP contribution in [0.3, 0.4) is 0 Å². The monoisotopic (exact) mass is 253 g/mol. The molecule has 0 saturated carbocycles. The van der Waals surface area contributed by atoms with Crippen LogP contribution in [0.1, 0.15) is 11.1 Å². The zero-order chi connectivity index (χ0) is 11.1. The molecule has 3 rings (SSSR count). The van der Waals surface area contributed by atoms with Gasteiger partial charge < -0.3 is 4.74 Å². The molecule has 2 aliphatic heterocycles. The fraction of sp³-hybridized carbons (Fsp3) is 0.250. The summed E-state index contributed by atoms with van der Waals surface area (Å²) in [5, 5.41) is 1.28. The molecule has 1 aromatic carbocycles. The summed E-state index contributed by atoms with van der Waals surface area (Å²) in [4.78, 5) is 4.18. The summed E-state index contributed by atoms with van der Waals surface area (Å²) in [5.74, 6) is 0.786. The van der Waals surface area contributed by atoms with Gasteiger partial charge in [0.1, 0.15) is 5.75 Å². The van der Waals surface area contributed by atoms with Gasteiger partial charge in [-0.2, -0.15) is 0 Å². The normalized spacial score (nSPS) is 17.2. The molecule has 2 aliphatic rings. The maximum atomic E-state index is 6.26. The van der Waals surface area contributed by atoms with E-state index in [1.165, 1.54) is 0 Å². The van der Waals surface area contributed by atoms with Gasteiger partial charge in [-0.1, -0.05) is 23.2 Å². The molecule has 16 heavy (non-hydrogen) atoms. The van der Waals surface area contributed by atoms with E-state index in [9.17, 15) is 0 Å². The van der Waals surface area contributed by atoms with Crippen LogP contribution in [-0.2, 0) is 6.42 Å². The highest BCUT2D eigenvalue weighted by Crippen LogP contribution is 2.42. The molecule has 0 bridgehead atoms. The van der Waals surface area contributed by atoms with Gasteiger partial charge in [0, 0.05) is 23.8 Å². The molecule has 0 radical (unpaired) electrons. The van der Waals surface area contributed by atoms with Gasteiger partial charge in [0.25, 0.3) is 0 Å². The molecule has 0 atom stereocenters. The molecule has 1 aromatic rings. The number of halogens is 2. The first-order valence-electron chi connectivity index (χ1n) is 5.10. The molecular formula is C12H9Cl2NO. The first-order valence-corrected chi connectivity index (χ1v) is 5.86. The number of hydrogen-bond donors (Lipinski definition) is 0. The van der Waals surface area contributed by atoms with Crippen LogP contribution in [0.4, 0.5) is 0 Å². The maximum Gasteiger partial charge on any atom is 0.141 e. The lowest BCUT2D eigenvalue weighted by atomic mass is 9.98. The summed E-state index contributed by atoms with van der Waals surface area (Å²) in [6, 6.07) is 1.75. The predicted molar refractivity (Wildman–Crippen MR) is 67.0 cm³/mol. The van der Waals surface area contributed by atoms with Crippen LogP contribution in [0.15, 0.2) is 17.1 Å². The van der Waals surface area contributed by atoms with Crippen LogP contribution in [0, 0.1) is 0 Å². The molecular weight excluding hydrogens is 245 g/mol. The third-order valence-electron chi connectivity index (χ3n) is 2.85. The van der Waals surface area contributed by atoms with Crippen LogP contribution in [0.5, 0.6) is 5.75 Å². The molecule has 0 saturated heterocycles. The Bertz CT molecular complexity index is 520. The Balaban J connectivity index is 2.21. The molecule has 0 aliphatic carbocycles. The zero-order valence-electron chi connectivity index (χ0n) is 8.46. The first kappa shape index (κ1) is 10.2. The second kappa shape index (κ2) is 3.79. The van der Waals surface area contributed by atoms with Crippen LogP contribution >= 0.6 is 23.2 Å². The van der Waals surface area contributed by atoms with Gasteiger partial charge in [0.2, 0.25) is 0 Å². The molecule has 0 amide bonds. The van der Waals surface area contributed by atoms with Gasteiger partial charge in [-0.3, -0.25) is 4.99 Å². The van der Waals surface area contributed by atoms with Crippen molar-refractivity contribution in [3.05, 3.63) is 33.3 Å². The maximum absolute atomic E-state index is 6.26.